The van der Waals surface area contributed by atoms with Crippen LogP contribution >= 0.6 is 11.6 Å². The van der Waals surface area contributed by atoms with Crippen molar-refractivity contribution in [3.8, 4) is 5.75 Å². The lowest BCUT2D eigenvalue weighted by molar-refractivity contribution is 0.107. The van der Waals surface area contributed by atoms with E-state index in [2.05, 4.69) is 0 Å². The second-order valence-electron chi connectivity index (χ2n) is 4.13. The number of rotatable bonds is 4. The monoisotopic (exact) mass is 278 g/mol. The molecule has 0 radical (unpaired) electrons. The zero-order valence-electron chi connectivity index (χ0n) is 10.3. The minimum Gasteiger partial charge on any atom is -0.489 e. The van der Waals surface area contributed by atoms with Gasteiger partial charge in [0.15, 0.2) is 0 Å². The molecule has 0 saturated heterocycles. The number of benzene rings is 2. The molecule has 2 nitrogen and oxygen atoms in total. The molecule has 0 heterocycles. The van der Waals surface area contributed by atoms with E-state index in [1.165, 1.54) is 12.1 Å². The van der Waals surface area contributed by atoms with E-state index in [0.717, 1.165) is 0 Å². The highest BCUT2D eigenvalue weighted by Crippen LogP contribution is 2.21. The topological polar surface area (TPSA) is 26.3 Å². The molecule has 98 valence electrons. The van der Waals surface area contributed by atoms with Gasteiger partial charge < -0.3 is 4.74 Å². The summed E-state index contributed by atoms with van der Waals surface area (Å²) < 4.78 is 18.6. The van der Waals surface area contributed by atoms with Gasteiger partial charge >= 0.3 is 0 Å². The summed E-state index contributed by atoms with van der Waals surface area (Å²) in [5.74, 6) is 0.277. The molecule has 0 saturated carbocycles. The molecule has 0 unspecified atom stereocenters. The van der Waals surface area contributed by atoms with Crippen LogP contribution in [-0.2, 0) is 6.61 Å². The second-order valence-corrected chi connectivity index (χ2v) is 4.47. The van der Waals surface area contributed by atoms with Crippen molar-refractivity contribution in [2.24, 2.45) is 0 Å². The van der Waals surface area contributed by atoms with Crippen molar-refractivity contribution in [3.63, 3.8) is 0 Å². The van der Waals surface area contributed by atoms with Crippen LogP contribution in [0.5, 0.6) is 5.75 Å². The van der Waals surface area contributed by atoms with E-state index in [0.29, 0.717) is 22.4 Å². The van der Waals surface area contributed by atoms with Crippen LogP contribution in [-0.4, -0.2) is 5.24 Å². The average Bonchev–Trinajstić information content (AvgIpc) is 2.38. The Morgan fingerprint density at radius 1 is 1.26 bits per heavy atom. The Kier molecular flexibility index (Phi) is 4.17. The lowest BCUT2D eigenvalue weighted by atomic mass is 10.1. The zero-order valence-corrected chi connectivity index (χ0v) is 11.1. The molecule has 0 spiro atoms. The first-order valence-electron chi connectivity index (χ1n) is 5.74. The number of carbonyl (C=O) groups is 1. The second kappa shape index (κ2) is 5.85. The van der Waals surface area contributed by atoms with E-state index in [9.17, 15) is 9.18 Å². The molecule has 0 N–H and O–H groups in total. The van der Waals surface area contributed by atoms with Crippen LogP contribution in [0.15, 0.2) is 42.5 Å². The van der Waals surface area contributed by atoms with E-state index >= 15 is 0 Å². The summed E-state index contributed by atoms with van der Waals surface area (Å²) in [5, 5.41) is -0.518. The maximum absolute atomic E-state index is 13.0. The third-order valence-electron chi connectivity index (χ3n) is 2.75. The van der Waals surface area contributed by atoms with Crippen LogP contribution < -0.4 is 4.74 Å². The average molecular weight is 279 g/mol. The molecule has 0 fully saturated rings. The first-order chi connectivity index (χ1) is 9.08. The van der Waals surface area contributed by atoms with Crippen molar-refractivity contribution in [1.82, 2.24) is 0 Å². The minimum atomic E-state index is -0.518. The largest absolute Gasteiger partial charge is 0.489 e. The van der Waals surface area contributed by atoms with Crippen molar-refractivity contribution >= 4 is 16.8 Å². The third kappa shape index (κ3) is 3.32. The summed E-state index contributed by atoms with van der Waals surface area (Å²) in [6.07, 6.45) is 0. The SMILES string of the molecule is Cc1cc(F)ccc1OCc1ccccc1C(=O)Cl. The highest BCUT2D eigenvalue weighted by atomic mass is 35.5. The van der Waals surface area contributed by atoms with Crippen molar-refractivity contribution < 1.29 is 13.9 Å². The molecule has 2 rings (SSSR count). The van der Waals surface area contributed by atoms with Crippen LogP contribution in [0.3, 0.4) is 0 Å². The fourth-order valence-electron chi connectivity index (χ4n) is 1.77. The van der Waals surface area contributed by atoms with Gasteiger partial charge in [0.1, 0.15) is 18.2 Å². The highest BCUT2D eigenvalue weighted by Gasteiger charge is 2.09. The number of ether oxygens (including phenoxy) is 1. The van der Waals surface area contributed by atoms with Crippen molar-refractivity contribution in [2.75, 3.05) is 0 Å². The van der Waals surface area contributed by atoms with Gasteiger partial charge in [-0.25, -0.2) is 4.39 Å². The zero-order chi connectivity index (χ0) is 13.8. The van der Waals surface area contributed by atoms with Gasteiger partial charge in [-0.1, -0.05) is 18.2 Å². The predicted molar refractivity (Wildman–Crippen MR) is 72.1 cm³/mol. The Labute approximate surface area is 115 Å². The normalized spacial score (nSPS) is 10.3. The van der Waals surface area contributed by atoms with Crippen LogP contribution in [0.25, 0.3) is 0 Å². The van der Waals surface area contributed by atoms with Gasteiger partial charge in [0.2, 0.25) is 0 Å². The Bertz CT molecular complexity index is 611. The van der Waals surface area contributed by atoms with Gasteiger partial charge in [0.05, 0.1) is 0 Å². The van der Waals surface area contributed by atoms with Gasteiger partial charge in [0.25, 0.3) is 5.24 Å². The molecular weight excluding hydrogens is 267 g/mol. The van der Waals surface area contributed by atoms with E-state index in [4.69, 9.17) is 16.3 Å². The number of carbonyl (C=O) groups excluding carboxylic acids is 1. The summed E-state index contributed by atoms with van der Waals surface area (Å²) in [7, 11) is 0. The van der Waals surface area contributed by atoms with E-state index in [-0.39, 0.29) is 12.4 Å². The molecule has 4 heteroatoms. The van der Waals surface area contributed by atoms with Crippen LogP contribution in [0.2, 0.25) is 0 Å². The van der Waals surface area contributed by atoms with Crippen LogP contribution in [0.4, 0.5) is 4.39 Å². The van der Waals surface area contributed by atoms with Crippen LogP contribution in [0.1, 0.15) is 21.5 Å². The molecule has 0 amide bonds. The summed E-state index contributed by atoms with van der Waals surface area (Å²) >= 11 is 5.50. The molecule has 0 aromatic heterocycles. The molecule has 0 aliphatic heterocycles. The Balaban J connectivity index is 2.17. The maximum atomic E-state index is 13.0. The maximum Gasteiger partial charge on any atom is 0.252 e. The molecule has 2 aromatic carbocycles. The van der Waals surface area contributed by atoms with Crippen molar-refractivity contribution in [3.05, 3.63) is 65.0 Å². The Morgan fingerprint density at radius 3 is 2.68 bits per heavy atom. The quantitative estimate of drug-likeness (QED) is 0.787. The molecule has 0 atom stereocenters. The van der Waals surface area contributed by atoms with Gasteiger partial charge in [0, 0.05) is 11.1 Å². The summed E-state index contributed by atoms with van der Waals surface area (Å²) in [4.78, 5) is 11.2. The minimum absolute atomic E-state index is 0.209. The van der Waals surface area contributed by atoms with Crippen LogP contribution in [0, 0.1) is 12.7 Å². The standard InChI is InChI=1S/C15H12ClFO2/c1-10-8-12(17)6-7-14(10)19-9-11-4-2-3-5-13(11)15(16)18/h2-8H,9H2,1H3. The molecule has 0 aliphatic carbocycles. The third-order valence-corrected chi connectivity index (χ3v) is 2.95. The number of halogens is 2. The van der Waals surface area contributed by atoms with E-state index in [1.807, 2.05) is 0 Å². The summed E-state index contributed by atoms with van der Waals surface area (Å²) in [5.41, 5.74) is 1.82. The molecule has 0 aliphatic rings. The molecule has 19 heavy (non-hydrogen) atoms. The van der Waals surface area contributed by atoms with Crippen molar-refractivity contribution in [2.45, 2.75) is 13.5 Å². The Hall–Kier alpha value is -1.87. The van der Waals surface area contributed by atoms with Gasteiger partial charge in [-0.3, -0.25) is 4.79 Å². The lowest BCUT2D eigenvalue weighted by Gasteiger charge is -2.10. The first kappa shape index (κ1) is 13.6. The fraction of sp³-hybridized carbons (Fsp3) is 0.133. The predicted octanol–water partition coefficient (Wildman–Crippen LogP) is 4.09. The first-order valence-corrected chi connectivity index (χ1v) is 6.12. The van der Waals surface area contributed by atoms with Crippen molar-refractivity contribution in [1.29, 1.82) is 0 Å². The highest BCUT2D eigenvalue weighted by molar-refractivity contribution is 6.67. The number of hydrogen-bond acceptors (Lipinski definition) is 2. The number of hydrogen-bond donors (Lipinski definition) is 0. The fourth-order valence-corrected chi connectivity index (χ4v) is 1.95. The summed E-state index contributed by atoms with van der Waals surface area (Å²) in [6.45, 7) is 1.97. The van der Waals surface area contributed by atoms with E-state index in [1.54, 1.807) is 37.3 Å². The Morgan fingerprint density at radius 2 is 2.00 bits per heavy atom. The summed E-state index contributed by atoms with van der Waals surface area (Å²) in [6, 6.07) is 11.3. The van der Waals surface area contributed by atoms with Gasteiger partial charge in [-0.2, -0.15) is 0 Å². The molecule has 2 aromatic rings. The molecule has 0 bridgehead atoms. The van der Waals surface area contributed by atoms with Gasteiger partial charge in [-0.15, -0.1) is 0 Å². The lowest BCUT2D eigenvalue weighted by Crippen LogP contribution is -2.03. The van der Waals surface area contributed by atoms with Gasteiger partial charge in [-0.05, 0) is 48.4 Å². The molecular formula is C15H12ClFO2. The van der Waals surface area contributed by atoms with E-state index < -0.39 is 5.24 Å². The number of aryl methyl sites for hydroxylation is 1. The smallest absolute Gasteiger partial charge is 0.252 e.